The summed E-state index contributed by atoms with van der Waals surface area (Å²) in [6, 6.07) is 2.80. The van der Waals surface area contributed by atoms with Crippen LogP contribution in [0.25, 0.3) is 0 Å². The van der Waals surface area contributed by atoms with Gasteiger partial charge in [0.25, 0.3) is 5.91 Å². The van der Waals surface area contributed by atoms with E-state index >= 15 is 0 Å². The van der Waals surface area contributed by atoms with Crippen LogP contribution in [0.2, 0.25) is 18.1 Å². The molecule has 0 saturated carbocycles. The van der Waals surface area contributed by atoms with Gasteiger partial charge in [-0.15, -0.1) is 0 Å². The first-order chi connectivity index (χ1) is 14.8. The number of amides is 2. The average molecular weight is 461 g/mol. The predicted octanol–water partition coefficient (Wildman–Crippen LogP) is 5.23. The van der Waals surface area contributed by atoms with Crippen molar-refractivity contribution in [3.63, 3.8) is 0 Å². The van der Waals surface area contributed by atoms with Gasteiger partial charge in [0, 0.05) is 12.6 Å². The van der Waals surface area contributed by atoms with Gasteiger partial charge in [-0.1, -0.05) is 45.6 Å². The Morgan fingerprint density at radius 3 is 2.59 bits per heavy atom. The van der Waals surface area contributed by atoms with E-state index in [1.807, 2.05) is 0 Å². The molecule has 1 aliphatic heterocycles. The second kappa shape index (κ2) is 9.91. The number of aryl methyl sites for hydroxylation is 1. The molecule has 1 aromatic carbocycles. The highest BCUT2D eigenvalue weighted by Crippen LogP contribution is 2.37. The maximum Gasteiger partial charge on any atom is 0.411 e. The number of phenolic OH excluding ortho intramolecular Hbond substituents is 1. The Kier molecular flexibility index (Phi) is 7.95. The minimum atomic E-state index is -1.98. The lowest BCUT2D eigenvalue weighted by atomic mass is 10.1. The van der Waals surface area contributed by atoms with Crippen LogP contribution >= 0.6 is 0 Å². The van der Waals surface area contributed by atoms with Crippen molar-refractivity contribution in [1.82, 2.24) is 4.90 Å². The Bertz CT molecular complexity index is 904. The molecule has 0 aromatic heterocycles. The SMILES string of the molecule is C=CCOC(=O)Nc1cc(O)c(C)cc1C(=O)N1CC(=C)C[C@H]1CO[Si](C)(C)C(C)(C)C. The molecule has 32 heavy (non-hydrogen) atoms. The molecule has 1 atom stereocenters. The summed E-state index contributed by atoms with van der Waals surface area (Å²) < 4.78 is 11.4. The number of hydrogen-bond acceptors (Lipinski definition) is 5. The molecule has 1 aliphatic rings. The van der Waals surface area contributed by atoms with Gasteiger partial charge in [0.1, 0.15) is 12.4 Å². The molecule has 0 unspecified atom stereocenters. The van der Waals surface area contributed by atoms with E-state index in [-0.39, 0.29) is 40.6 Å². The van der Waals surface area contributed by atoms with Crippen molar-refractivity contribution in [2.24, 2.45) is 0 Å². The number of benzene rings is 1. The summed E-state index contributed by atoms with van der Waals surface area (Å²) in [7, 11) is -1.98. The zero-order valence-electron chi connectivity index (χ0n) is 20.1. The molecule has 8 heteroatoms. The lowest BCUT2D eigenvalue weighted by molar-refractivity contribution is 0.0686. The summed E-state index contributed by atoms with van der Waals surface area (Å²) in [6.45, 7) is 21.1. The Hall–Kier alpha value is -2.58. The number of carbonyl (C=O) groups excluding carboxylic acids is 2. The van der Waals surface area contributed by atoms with Gasteiger partial charge in [-0.2, -0.15) is 0 Å². The monoisotopic (exact) mass is 460 g/mol. The molecule has 2 rings (SSSR count). The molecule has 0 radical (unpaired) electrons. The van der Waals surface area contributed by atoms with E-state index in [1.165, 1.54) is 12.1 Å². The van der Waals surface area contributed by atoms with Gasteiger partial charge in [0.05, 0.1) is 23.9 Å². The van der Waals surface area contributed by atoms with Crippen LogP contribution in [0.3, 0.4) is 0 Å². The second-order valence-corrected chi connectivity index (χ2v) is 14.6. The zero-order chi connectivity index (χ0) is 24.3. The summed E-state index contributed by atoms with van der Waals surface area (Å²) in [5.74, 6) is -0.279. The highest BCUT2D eigenvalue weighted by molar-refractivity contribution is 6.74. The molecular weight excluding hydrogens is 424 g/mol. The molecule has 7 nitrogen and oxygen atoms in total. The fraction of sp³-hybridized carbons (Fsp3) is 0.500. The van der Waals surface area contributed by atoms with Gasteiger partial charge < -0.3 is 19.2 Å². The van der Waals surface area contributed by atoms with Crippen LogP contribution < -0.4 is 5.32 Å². The van der Waals surface area contributed by atoms with Gasteiger partial charge in [-0.25, -0.2) is 4.79 Å². The quantitative estimate of drug-likeness (QED) is 0.430. The Balaban J connectivity index is 2.29. The molecule has 1 saturated heterocycles. The maximum atomic E-state index is 13.6. The summed E-state index contributed by atoms with van der Waals surface area (Å²) in [5.41, 5.74) is 1.96. The molecule has 176 valence electrons. The third-order valence-electron chi connectivity index (χ3n) is 6.20. The fourth-order valence-corrected chi connectivity index (χ4v) is 4.24. The standard InChI is InChI=1S/C24H36N2O5Si/c1-9-10-30-23(29)25-20-13-21(27)17(3)12-19(20)22(28)26-14-16(2)11-18(26)15-31-32(7,8)24(4,5)6/h9,12-13,18,27H,1-2,10-11,14-15H2,3-8H3,(H,25,29)/t18-/m0/s1. The van der Waals surface area contributed by atoms with Gasteiger partial charge in [0.15, 0.2) is 8.32 Å². The van der Waals surface area contributed by atoms with E-state index in [0.29, 0.717) is 25.1 Å². The molecular formula is C24H36N2O5Si. The highest BCUT2D eigenvalue weighted by atomic mass is 28.4. The Morgan fingerprint density at radius 1 is 1.34 bits per heavy atom. The molecule has 1 fully saturated rings. The number of carbonyl (C=O) groups is 2. The molecule has 1 aromatic rings. The number of nitrogens with zero attached hydrogens (tertiary/aromatic N) is 1. The third kappa shape index (κ3) is 6.01. The van der Waals surface area contributed by atoms with Gasteiger partial charge in [-0.05, 0) is 43.1 Å². The third-order valence-corrected chi connectivity index (χ3v) is 10.7. The van der Waals surface area contributed by atoms with Crippen molar-refractivity contribution in [3.8, 4) is 5.75 Å². The summed E-state index contributed by atoms with van der Waals surface area (Å²) >= 11 is 0. The number of aromatic hydroxyl groups is 1. The van der Waals surface area contributed by atoms with Crippen LogP contribution in [0, 0.1) is 6.92 Å². The van der Waals surface area contributed by atoms with Crippen molar-refractivity contribution in [1.29, 1.82) is 0 Å². The number of likely N-dealkylation sites (tertiary alicyclic amines) is 1. The zero-order valence-corrected chi connectivity index (χ0v) is 21.1. The number of phenols is 1. The van der Waals surface area contributed by atoms with Crippen LogP contribution in [0.5, 0.6) is 5.75 Å². The highest BCUT2D eigenvalue weighted by Gasteiger charge is 2.40. The molecule has 0 bridgehead atoms. The normalized spacial score (nSPS) is 16.8. The largest absolute Gasteiger partial charge is 0.508 e. The predicted molar refractivity (Wildman–Crippen MR) is 130 cm³/mol. The van der Waals surface area contributed by atoms with Crippen molar-refractivity contribution < 1.29 is 23.9 Å². The molecule has 1 heterocycles. The molecule has 2 N–H and O–H groups in total. The van der Waals surface area contributed by atoms with Crippen LogP contribution in [-0.2, 0) is 9.16 Å². The van der Waals surface area contributed by atoms with Crippen molar-refractivity contribution in [2.75, 3.05) is 25.1 Å². The van der Waals surface area contributed by atoms with Crippen LogP contribution in [-0.4, -0.2) is 56.1 Å². The van der Waals surface area contributed by atoms with Crippen molar-refractivity contribution in [3.05, 3.63) is 48.1 Å². The van der Waals surface area contributed by atoms with Crippen LogP contribution in [0.15, 0.2) is 36.9 Å². The van der Waals surface area contributed by atoms with Crippen LogP contribution in [0.4, 0.5) is 10.5 Å². The maximum absolute atomic E-state index is 13.6. The molecule has 0 spiro atoms. The topological polar surface area (TPSA) is 88.1 Å². The Labute approximate surface area is 192 Å². The van der Waals surface area contributed by atoms with Gasteiger partial charge in [0.2, 0.25) is 0 Å². The van der Waals surface area contributed by atoms with E-state index in [9.17, 15) is 14.7 Å². The number of hydrogen-bond donors (Lipinski definition) is 2. The first-order valence-electron chi connectivity index (χ1n) is 10.8. The first kappa shape index (κ1) is 25.7. The minimum Gasteiger partial charge on any atom is -0.508 e. The van der Waals surface area contributed by atoms with E-state index in [4.69, 9.17) is 9.16 Å². The van der Waals surface area contributed by atoms with Crippen molar-refractivity contribution >= 4 is 26.0 Å². The van der Waals surface area contributed by atoms with Gasteiger partial charge >= 0.3 is 6.09 Å². The van der Waals surface area contributed by atoms with E-state index in [1.54, 1.807) is 17.9 Å². The molecule has 2 amide bonds. The van der Waals surface area contributed by atoms with Crippen LogP contribution in [0.1, 0.15) is 43.1 Å². The Morgan fingerprint density at radius 2 is 2.00 bits per heavy atom. The number of nitrogens with one attached hydrogen (secondary N) is 1. The minimum absolute atomic E-state index is 0.0239. The first-order valence-corrected chi connectivity index (χ1v) is 13.7. The smallest absolute Gasteiger partial charge is 0.411 e. The molecule has 0 aliphatic carbocycles. The summed E-state index contributed by atoms with van der Waals surface area (Å²) in [5, 5.41) is 12.8. The number of anilines is 1. The van der Waals surface area contributed by atoms with Gasteiger partial charge in [-0.3, -0.25) is 10.1 Å². The van der Waals surface area contributed by atoms with E-state index in [2.05, 4.69) is 52.3 Å². The van der Waals surface area contributed by atoms with Crippen molar-refractivity contribution in [2.45, 2.75) is 58.3 Å². The average Bonchev–Trinajstić information content (AvgIpc) is 3.06. The number of ether oxygens (including phenoxy) is 1. The lowest BCUT2D eigenvalue weighted by Crippen LogP contribution is -2.46. The summed E-state index contributed by atoms with van der Waals surface area (Å²) in [6.07, 6.45) is 1.38. The van der Waals surface area contributed by atoms with E-state index < -0.39 is 14.4 Å². The lowest BCUT2D eigenvalue weighted by Gasteiger charge is -2.38. The van der Waals surface area contributed by atoms with E-state index in [0.717, 1.165) is 5.57 Å². The fourth-order valence-electron chi connectivity index (χ4n) is 3.20. The number of rotatable bonds is 7. The second-order valence-electron chi connectivity index (χ2n) is 9.81. The summed E-state index contributed by atoms with van der Waals surface area (Å²) in [4.78, 5) is 27.4.